The van der Waals surface area contributed by atoms with Gasteiger partial charge in [-0.25, -0.2) is 4.79 Å². The first-order valence-corrected chi connectivity index (χ1v) is 6.51. The minimum atomic E-state index is -0.517. The van der Waals surface area contributed by atoms with Gasteiger partial charge in [0.15, 0.2) is 0 Å². The van der Waals surface area contributed by atoms with Crippen LogP contribution >= 0.6 is 11.8 Å². The molecule has 0 aromatic heterocycles. The first-order chi connectivity index (χ1) is 8.17. The van der Waals surface area contributed by atoms with Crippen molar-refractivity contribution in [2.45, 2.75) is 17.4 Å². The molecule has 0 radical (unpaired) electrons. The van der Waals surface area contributed by atoms with Crippen LogP contribution in [-0.4, -0.2) is 31.0 Å². The molecule has 1 N–H and O–H groups in total. The van der Waals surface area contributed by atoms with Crippen LogP contribution < -0.4 is 4.74 Å². The van der Waals surface area contributed by atoms with Gasteiger partial charge in [-0.15, -0.1) is 11.8 Å². The van der Waals surface area contributed by atoms with Crippen molar-refractivity contribution in [2.75, 3.05) is 20.0 Å². The molecule has 17 heavy (non-hydrogen) atoms. The molecule has 0 bridgehead atoms. The van der Waals surface area contributed by atoms with Gasteiger partial charge in [0.2, 0.25) is 0 Å². The number of esters is 1. The number of aliphatic hydroxyl groups is 1. The van der Waals surface area contributed by atoms with Crippen LogP contribution in [0.15, 0.2) is 17.0 Å². The summed E-state index contributed by atoms with van der Waals surface area (Å²) in [6.07, 6.45) is 1.94. The Bertz CT molecular complexity index is 444. The molecule has 2 rings (SSSR count). The van der Waals surface area contributed by atoms with E-state index in [2.05, 4.69) is 0 Å². The molecule has 1 aromatic carbocycles. The third-order valence-corrected chi connectivity index (χ3v) is 3.52. The lowest BCUT2D eigenvalue weighted by Crippen LogP contribution is -2.15. The summed E-state index contributed by atoms with van der Waals surface area (Å²) in [5.41, 5.74) is 1.22. The number of hydrogen-bond donors (Lipinski definition) is 1. The molecule has 0 unspecified atom stereocenters. The Balaban J connectivity index is 2.51. The number of carbonyl (C=O) groups excluding carboxylic acids is 1. The van der Waals surface area contributed by atoms with Crippen molar-refractivity contribution in [3.8, 4) is 5.75 Å². The van der Waals surface area contributed by atoms with Gasteiger partial charge >= 0.3 is 5.97 Å². The molecule has 1 heterocycles. The van der Waals surface area contributed by atoms with Crippen LogP contribution in [0.25, 0.3) is 0 Å². The Kier molecular flexibility index (Phi) is 3.59. The summed E-state index contributed by atoms with van der Waals surface area (Å²) >= 11 is 1.45. The minimum Gasteiger partial charge on any atom is -0.493 e. The molecule has 0 fully saturated rings. The fraction of sp³-hybridized carbons (Fsp3) is 0.417. The lowest BCUT2D eigenvalue weighted by atomic mass is 10.0. The molecular weight excluding hydrogens is 240 g/mol. The molecule has 1 aromatic rings. The van der Waals surface area contributed by atoms with Crippen molar-refractivity contribution >= 4 is 17.7 Å². The van der Waals surface area contributed by atoms with E-state index in [1.165, 1.54) is 18.9 Å². The zero-order valence-electron chi connectivity index (χ0n) is 9.73. The highest BCUT2D eigenvalue weighted by Gasteiger charge is 2.23. The Labute approximate surface area is 104 Å². The second-order valence-electron chi connectivity index (χ2n) is 3.73. The first kappa shape index (κ1) is 12.3. The third kappa shape index (κ3) is 2.25. The monoisotopic (exact) mass is 254 g/mol. The van der Waals surface area contributed by atoms with Crippen molar-refractivity contribution < 1.29 is 19.4 Å². The molecule has 1 aliphatic rings. The Hall–Kier alpha value is -1.20. The molecule has 0 amide bonds. The van der Waals surface area contributed by atoms with Crippen molar-refractivity contribution in [2.24, 2.45) is 0 Å². The maximum Gasteiger partial charge on any atom is 0.339 e. The summed E-state index contributed by atoms with van der Waals surface area (Å²) in [5, 5.41) is 9.86. The molecule has 0 saturated heterocycles. The average Bonchev–Trinajstić information content (AvgIpc) is 2.37. The van der Waals surface area contributed by atoms with Gasteiger partial charge in [-0.1, -0.05) is 0 Å². The SMILES string of the molecule is COC(=O)c1cc2c(cc1SC)[C@H](O)CCO2. The fourth-order valence-corrected chi connectivity index (χ4v) is 2.44. The molecule has 0 spiro atoms. The van der Waals surface area contributed by atoms with Gasteiger partial charge in [0, 0.05) is 16.9 Å². The van der Waals surface area contributed by atoms with Crippen LogP contribution in [0.5, 0.6) is 5.75 Å². The number of ether oxygens (including phenoxy) is 2. The number of benzene rings is 1. The van der Waals surface area contributed by atoms with E-state index in [0.717, 1.165) is 10.5 Å². The van der Waals surface area contributed by atoms with Crippen LogP contribution in [-0.2, 0) is 4.74 Å². The second kappa shape index (κ2) is 4.98. The van der Waals surface area contributed by atoms with Crippen LogP contribution in [0, 0.1) is 0 Å². The highest BCUT2D eigenvalue weighted by atomic mass is 32.2. The van der Waals surface area contributed by atoms with Crippen LogP contribution in [0.2, 0.25) is 0 Å². The predicted molar refractivity (Wildman–Crippen MR) is 64.6 cm³/mol. The number of methoxy groups -OCH3 is 1. The Morgan fingerprint density at radius 3 is 3.00 bits per heavy atom. The highest BCUT2D eigenvalue weighted by Crippen LogP contribution is 2.37. The summed E-state index contributed by atoms with van der Waals surface area (Å²) < 4.78 is 10.2. The number of aliphatic hydroxyl groups excluding tert-OH is 1. The summed E-state index contributed by atoms with van der Waals surface area (Å²) in [5.74, 6) is 0.183. The van der Waals surface area contributed by atoms with E-state index in [0.29, 0.717) is 24.3 Å². The molecule has 1 aliphatic heterocycles. The van der Waals surface area contributed by atoms with E-state index in [4.69, 9.17) is 9.47 Å². The van der Waals surface area contributed by atoms with Gasteiger partial charge in [0.25, 0.3) is 0 Å². The summed E-state index contributed by atoms with van der Waals surface area (Å²) in [6.45, 7) is 0.466. The van der Waals surface area contributed by atoms with Gasteiger partial charge in [-0.05, 0) is 18.4 Å². The van der Waals surface area contributed by atoms with E-state index in [-0.39, 0.29) is 5.97 Å². The zero-order valence-corrected chi connectivity index (χ0v) is 10.5. The normalized spacial score (nSPS) is 18.2. The lowest BCUT2D eigenvalue weighted by molar-refractivity contribution is 0.0594. The number of carbonyl (C=O) groups is 1. The third-order valence-electron chi connectivity index (χ3n) is 2.75. The van der Waals surface area contributed by atoms with Gasteiger partial charge in [-0.2, -0.15) is 0 Å². The maximum absolute atomic E-state index is 11.6. The van der Waals surface area contributed by atoms with Crippen LogP contribution in [0.1, 0.15) is 28.4 Å². The predicted octanol–water partition coefficient (Wildman–Crippen LogP) is 2.01. The summed E-state index contributed by atoms with van der Waals surface area (Å²) in [4.78, 5) is 12.4. The first-order valence-electron chi connectivity index (χ1n) is 5.28. The molecule has 1 atom stereocenters. The van der Waals surface area contributed by atoms with Crippen molar-refractivity contribution in [1.29, 1.82) is 0 Å². The number of fused-ring (bicyclic) bond motifs is 1. The van der Waals surface area contributed by atoms with Crippen molar-refractivity contribution in [3.63, 3.8) is 0 Å². The fourth-order valence-electron chi connectivity index (χ4n) is 1.84. The number of hydrogen-bond acceptors (Lipinski definition) is 5. The summed E-state index contributed by atoms with van der Waals surface area (Å²) in [6, 6.07) is 3.45. The van der Waals surface area contributed by atoms with E-state index in [1.54, 1.807) is 12.1 Å². The minimum absolute atomic E-state index is 0.388. The Morgan fingerprint density at radius 2 is 2.35 bits per heavy atom. The summed E-state index contributed by atoms with van der Waals surface area (Å²) in [7, 11) is 1.35. The van der Waals surface area contributed by atoms with Crippen molar-refractivity contribution in [1.82, 2.24) is 0 Å². The quantitative estimate of drug-likeness (QED) is 0.646. The van der Waals surface area contributed by atoms with Crippen molar-refractivity contribution in [3.05, 3.63) is 23.3 Å². The van der Waals surface area contributed by atoms with E-state index < -0.39 is 6.10 Å². The molecular formula is C12H14O4S. The standard InChI is InChI=1S/C12H14O4S/c1-15-12(14)8-5-10-7(6-11(8)17-2)9(13)3-4-16-10/h5-6,9,13H,3-4H2,1-2H3/t9-/m1/s1. The second-order valence-corrected chi connectivity index (χ2v) is 4.58. The van der Waals surface area contributed by atoms with E-state index in [1.807, 2.05) is 6.26 Å². The largest absolute Gasteiger partial charge is 0.493 e. The molecule has 0 saturated carbocycles. The van der Waals surface area contributed by atoms with E-state index in [9.17, 15) is 9.90 Å². The van der Waals surface area contributed by atoms with E-state index >= 15 is 0 Å². The van der Waals surface area contributed by atoms with Crippen LogP contribution in [0.4, 0.5) is 0 Å². The van der Waals surface area contributed by atoms with Crippen LogP contribution in [0.3, 0.4) is 0 Å². The molecule has 0 aliphatic carbocycles. The smallest absolute Gasteiger partial charge is 0.339 e. The van der Waals surface area contributed by atoms with Gasteiger partial charge in [0.1, 0.15) is 5.75 Å². The average molecular weight is 254 g/mol. The Morgan fingerprint density at radius 1 is 1.59 bits per heavy atom. The van der Waals surface area contributed by atoms with Gasteiger partial charge < -0.3 is 14.6 Å². The molecule has 92 valence electrons. The number of rotatable bonds is 2. The van der Waals surface area contributed by atoms with Gasteiger partial charge in [0.05, 0.1) is 25.4 Å². The highest BCUT2D eigenvalue weighted by molar-refractivity contribution is 7.98. The topological polar surface area (TPSA) is 55.8 Å². The lowest BCUT2D eigenvalue weighted by Gasteiger charge is -2.23. The number of thioether (sulfide) groups is 1. The zero-order chi connectivity index (χ0) is 12.4. The molecule has 4 nitrogen and oxygen atoms in total. The van der Waals surface area contributed by atoms with Gasteiger partial charge in [-0.3, -0.25) is 0 Å². The molecule has 5 heteroatoms. The maximum atomic E-state index is 11.6.